The molecule has 0 aliphatic rings. The number of benzene rings is 4. The second-order valence-electron chi connectivity index (χ2n) is 9.00. The summed E-state index contributed by atoms with van der Waals surface area (Å²) in [6.45, 7) is 1.88. The highest BCUT2D eigenvalue weighted by atomic mass is 32.2. The van der Waals surface area contributed by atoms with E-state index in [0.29, 0.717) is 17.2 Å². The number of carbonyl (C=O) groups is 1. The van der Waals surface area contributed by atoms with Gasteiger partial charge < -0.3 is 19.5 Å². The first kappa shape index (κ1) is 28.5. The summed E-state index contributed by atoms with van der Waals surface area (Å²) in [5.74, 6) is 1.25. The zero-order valence-electron chi connectivity index (χ0n) is 22.8. The lowest BCUT2D eigenvalue weighted by molar-refractivity contribution is 0.0940. The van der Waals surface area contributed by atoms with Crippen LogP contribution in [0.1, 0.15) is 34.5 Å². The van der Waals surface area contributed by atoms with Crippen LogP contribution in [0.3, 0.4) is 0 Å². The molecule has 8 nitrogen and oxygen atoms in total. The van der Waals surface area contributed by atoms with Crippen molar-refractivity contribution in [2.45, 2.75) is 24.4 Å². The van der Waals surface area contributed by atoms with E-state index in [-0.39, 0.29) is 22.7 Å². The highest BCUT2D eigenvalue weighted by molar-refractivity contribution is 7.92. The van der Waals surface area contributed by atoms with Crippen LogP contribution in [0, 0.1) is 0 Å². The van der Waals surface area contributed by atoms with E-state index in [1.54, 1.807) is 62.8 Å². The standard InChI is InChI=1S/C31H32N2O6S/c1-22(24-14-19-29(38-3)30(20-24)39-4)32-31(34)27-12-8-9-13-28(27)33(21-23-10-6-5-7-11-23)40(35,36)26-17-15-25(37-2)16-18-26/h5-20,22H,21H2,1-4H3,(H,32,34)/t22-/m0/s1. The van der Waals surface area contributed by atoms with Crippen LogP contribution in [-0.2, 0) is 16.6 Å². The minimum absolute atomic E-state index is 0.0325. The van der Waals surface area contributed by atoms with Crippen molar-refractivity contribution in [3.8, 4) is 17.2 Å². The first-order valence-electron chi connectivity index (χ1n) is 12.6. The lowest BCUT2D eigenvalue weighted by atomic mass is 10.1. The summed E-state index contributed by atoms with van der Waals surface area (Å²) < 4.78 is 45.2. The van der Waals surface area contributed by atoms with Gasteiger partial charge in [0.1, 0.15) is 5.75 Å². The van der Waals surface area contributed by atoms with Gasteiger partial charge in [-0.25, -0.2) is 8.42 Å². The quantitative estimate of drug-likeness (QED) is 0.257. The summed E-state index contributed by atoms with van der Waals surface area (Å²) in [5.41, 5.74) is 2.06. The predicted molar refractivity (Wildman–Crippen MR) is 155 cm³/mol. The number of rotatable bonds is 11. The molecule has 0 radical (unpaired) electrons. The lowest BCUT2D eigenvalue weighted by Gasteiger charge is -2.27. The number of methoxy groups -OCH3 is 3. The third kappa shape index (κ3) is 6.21. The van der Waals surface area contributed by atoms with Crippen LogP contribution in [0.2, 0.25) is 0 Å². The van der Waals surface area contributed by atoms with E-state index in [9.17, 15) is 13.2 Å². The van der Waals surface area contributed by atoms with Crippen molar-refractivity contribution in [1.29, 1.82) is 0 Å². The van der Waals surface area contributed by atoms with E-state index in [1.165, 1.54) is 23.5 Å². The SMILES string of the molecule is COc1ccc(S(=O)(=O)N(Cc2ccccc2)c2ccccc2C(=O)N[C@@H](C)c2ccc(OC)c(OC)c2)cc1. The monoisotopic (exact) mass is 560 g/mol. The Bertz CT molecular complexity index is 1560. The number of nitrogens with zero attached hydrogens (tertiary/aromatic N) is 1. The zero-order valence-corrected chi connectivity index (χ0v) is 23.6. The van der Waals surface area contributed by atoms with Gasteiger partial charge in [0.15, 0.2) is 11.5 Å². The molecule has 0 aliphatic carbocycles. The molecular formula is C31H32N2O6S. The largest absolute Gasteiger partial charge is 0.497 e. The maximum absolute atomic E-state index is 14.0. The molecule has 4 rings (SSSR count). The molecule has 9 heteroatoms. The van der Waals surface area contributed by atoms with Crippen LogP contribution in [0.15, 0.2) is 102 Å². The van der Waals surface area contributed by atoms with Gasteiger partial charge >= 0.3 is 0 Å². The summed E-state index contributed by atoms with van der Waals surface area (Å²) in [6.07, 6.45) is 0. The Labute approximate surface area is 235 Å². The highest BCUT2D eigenvalue weighted by Crippen LogP contribution is 2.32. The molecule has 4 aromatic rings. The van der Waals surface area contributed by atoms with Crippen LogP contribution in [0.5, 0.6) is 17.2 Å². The van der Waals surface area contributed by atoms with Gasteiger partial charge in [-0.2, -0.15) is 0 Å². The molecule has 0 unspecified atom stereocenters. The van der Waals surface area contributed by atoms with E-state index in [1.807, 2.05) is 43.3 Å². The number of anilines is 1. The van der Waals surface area contributed by atoms with Gasteiger partial charge in [0.25, 0.3) is 15.9 Å². The van der Waals surface area contributed by atoms with Crippen molar-refractivity contribution < 1.29 is 27.4 Å². The molecule has 0 heterocycles. The Morgan fingerprint density at radius 3 is 2.10 bits per heavy atom. The molecule has 1 amide bonds. The predicted octanol–water partition coefficient (Wildman–Crippen LogP) is 5.60. The highest BCUT2D eigenvalue weighted by Gasteiger charge is 2.29. The number of amides is 1. The third-order valence-corrected chi connectivity index (χ3v) is 8.26. The van der Waals surface area contributed by atoms with Crippen LogP contribution in [-0.4, -0.2) is 35.7 Å². The number of para-hydroxylation sites is 1. The summed E-state index contributed by atoms with van der Waals surface area (Å²) in [7, 11) is 0.557. The molecule has 0 fully saturated rings. The second-order valence-corrected chi connectivity index (χ2v) is 10.9. The molecule has 40 heavy (non-hydrogen) atoms. The van der Waals surface area contributed by atoms with Crippen molar-refractivity contribution in [2.75, 3.05) is 25.6 Å². The number of hydrogen-bond acceptors (Lipinski definition) is 6. The Balaban J connectivity index is 1.72. The maximum Gasteiger partial charge on any atom is 0.264 e. The normalized spacial score (nSPS) is 11.8. The van der Waals surface area contributed by atoms with E-state index >= 15 is 0 Å². The van der Waals surface area contributed by atoms with Crippen LogP contribution >= 0.6 is 0 Å². The lowest BCUT2D eigenvalue weighted by Crippen LogP contribution is -2.34. The average molecular weight is 561 g/mol. The van der Waals surface area contributed by atoms with E-state index in [0.717, 1.165) is 11.1 Å². The summed E-state index contributed by atoms with van der Waals surface area (Å²) in [4.78, 5) is 13.7. The first-order valence-corrected chi connectivity index (χ1v) is 14.0. The fraction of sp³-hybridized carbons (Fsp3) is 0.194. The Morgan fingerprint density at radius 1 is 0.800 bits per heavy atom. The van der Waals surface area contributed by atoms with Crippen LogP contribution < -0.4 is 23.8 Å². The van der Waals surface area contributed by atoms with Crippen molar-refractivity contribution in [3.63, 3.8) is 0 Å². The fourth-order valence-corrected chi connectivity index (χ4v) is 5.76. The minimum Gasteiger partial charge on any atom is -0.497 e. The van der Waals surface area contributed by atoms with Crippen LogP contribution in [0.4, 0.5) is 5.69 Å². The van der Waals surface area contributed by atoms with Gasteiger partial charge in [-0.3, -0.25) is 9.10 Å². The van der Waals surface area contributed by atoms with Gasteiger partial charge in [0, 0.05) is 0 Å². The van der Waals surface area contributed by atoms with E-state index in [4.69, 9.17) is 14.2 Å². The van der Waals surface area contributed by atoms with Gasteiger partial charge in [0.2, 0.25) is 0 Å². The summed E-state index contributed by atoms with van der Waals surface area (Å²) in [5, 5.41) is 2.99. The van der Waals surface area contributed by atoms with Gasteiger partial charge in [-0.05, 0) is 66.6 Å². The minimum atomic E-state index is -4.06. The Morgan fingerprint density at radius 2 is 1.45 bits per heavy atom. The Kier molecular flexibility index (Phi) is 8.96. The summed E-state index contributed by atoms with van der Waals surface area (Å²) in [6, 6.07) is 27.1. The molecule has 1 atom stereocenters. The van der Waals surface area contributed by atoms with E-state index in [2.05, 4.69) is 5.32 Å². The van der Waals surface area contributed by atoms with E-state index < -0.39 is 22.0 Å². The molecule has 4 aromatic carbocycles. The number of nitrogens with one attached hydrogen (secondary N) is 1. The second kappa shape index (κ2) is 12.6. The summed E-state index contributed by atoms with van der Waals surface area (Å²) >= 11 is 0. The Hall–Kier alpha value is -4.50. The number of sulfonamides is 1. The van der Waals surface area contributed by atoms with Gasteiger partial charge in [-0.1, -0.05) is 48.5 Å². The molecule has 0 saturated carbocycles. The number of carbonyl (C=O) groups excluding carboxylic acids is 1. The molecule has 1 N–H and O–H groups in total. The average Bonchev–Trinajstić information content (AvgIpc) is 2.99. The fourth-order valence-electron chi connectivity index (χ4n) is 4.29. The topological polar surface area (TPSA) is 94.2 Å². The van der Waals surface area contributed by atoms with Crippen molar-refractivity contribution >= 4 is 21.6 Å². The molecule has 0 aromatic heterocycles. The molecule has 0 bridgehead atoms. The van der Waals surface area contributed by atoms with Crippen molar-refractivity contribution in [1.82, 2.24) is 5.32 Å². The molecular weight excluding hydrogens is 528 g/mol. The molecule has 208 valence electrons. The molecule has 0 spiro atoms. The van der Waals surface area contributed by atoms with Crippen molar-refractivity contribution in [2.24, 2.45) is 0 Å². The zero-order chi connectivity index (χ0) is 28.7. The molecule has 0 aliphatic heterocycles. The number of hydrogen-bond donors (Lipinski definition) is 1. The van der Waals surface area contributed by atoms with Gasteiger partial charge in [-0.15, -0.1) is 0 Å². The maximum atomic E-state index is 14.0. The van der Waals surface area contributed by atoms with Gasteiger partial charge in [0.05, 0.1) is 50.1 Å². The number of ether oxygens (including phenoxy) is 3. The molecule has 0 saturated heterocycles. The first-order chi connectivity index (χ1) is 19.3. The van der Waals surface area contributed by atoms with Crippen LogP contribution in [0.25, 0.3) is 0 Å². The van der Waals surface area contributed by atoms with Crippen molar-refractivity contribution in [3.05, 3.63) is 114 Å². The smallest absolute Gasteiger partial charge is 0.264 e. The third-order valence-electron chi connectivity index (χ3n) is 6.49.